The fraction of sp³-hybridized carbons (Fsp3) is 0.500. The van der Waals surface area contributed by atoms with Gasteiger partial charge in [0.15, 0.2) is 0 Å². The molecule has 0 aromatic heterocycles. The topological polar surface area (TPSA) is 61.8 Å². The normalized spacial score (nSPS) is 18.4. The minimum absolute atomic E-state index is 0.0643. The van der Waals surface area contributed by atoms with Gasteiger partial charge in [0.25, 0.3) is 0 Å². The zero-order chi connectivity index (χ0) is 14.6. The minimum Gasteiger partial charge on any atom is -0.384 e. The molecule has 2 amide bonds. The number of aliphatic hydroxyl groups is 1. The number of nitrogens with one attached hydrogen (secondary N) is 1. The van der Waals surface area contributed by atoms with Gasteiger partial charge in [-0.05, 0) is 24.6 Å². The Bertz CT molecular complexity index is 456. The molecule has 1 saturated heterocycles. The number of benzene rings is 1. The average Bonchev–Trinajstić information content (AvgIpc) is 2.46. The molecule has 0 bridgehead atoms. The van der Waals surface area contributed by atoms with Crippen LogP contribution in [0.3, 0.4) is 0 Å². The Morgan fingerprint density at radius 1 is 1.40 bits per heavy atom. The zero-order valence-electron chi connectivity index (χ0n) is 11.4. The van der Waals surface area contributed by atoms with E-state index in [0.717, 1.165) is 0 Å². The molecule has 1 aliphatic heterocycles. The third-order valence-corrected chi connectivity index (χ3v) is 3.35. The molecule has 1 fully saturated rings. The summed E-state index contributed by atoms with van der Waals surface area (Å²) in [6, 6.07) is 5.36. The third kappa shape index (κ3) is 3.68. The molecule has 0 saturated carbocycles. The van der Waals surface area contributed by atoms with Crippen molar-refractivity contribution < 1.29 is 19.0 Å². The van der Waals surface area contributed by atoms with Crippen LogP contribution >= 0.6 is 0 Å². The van der Waals surface area contributed by atoms with Gasteiger partial charge in [0.2, 0.25) is 0 Å². The van der Waals surface area contributed by atoms with Crippen LogP contribution in [0.1, 0.15) is 12.5 Å². The number of ether oxygens (including phenoxy) is 1. The number of hydrogen-bond donors (Lipinski definition) is 2. The van der Waals surface area contributed by atoms with E-state index in [2.05, 4.69) is 5.32 Å². The number of halogens is 1. The van der Waals surface area contributed by atoms with Crippen LogP contribution in [-0.4, -0.2) is 48.9 Å². The summed E-state index contributed by atoms with van der Waals surface area (Å²) >= 11 is 0. The molecule has 1 aromatic rings. The Morgan fingerprint density at radius 3 is 2.60 bits per heavy atom. The summed E-state index contributed by atoms with van der Waals surface area (Å²) in [7, 11) is 0. The lowest BCUT2D eigenvalue weighted by Gasteiger charge is -2.29. The van der Waals surface area contributed by atoms with Gasteiger partial charge in [-0.3, -0.25) is 0 Å². The largest absolute Gasteiger partial charge is 0.384 e. The van der Waals surface area contributed by atoms with E-state index in [-0.39, 0.29) is 18.4 Å². The van der Waals surface area contributed by atoms with Crippen molar-refractivity contribution in [2.24, 2.45) is 0 Å². The van der Waals surface area contributed by atoms with Crippen molar-refractivity contribution in [3.63, 3.8) is 0 Å². The monoisotopic (exact) mass is 282 g/mol. The van der Waals surface area contributed by atoms with E-state index in [1.165, 1.54) is 24.3 Å². The number of carbonyl (C=O) groups is 1. The van der Waals surface area contributed by atoms with Crippen molar-refractivity contribution in [1.29, 1.82) is 0 Å². The predicted molar refractivity (Wildman–Crippen MR) is 71.8 cm³/mol. The first-order valence-corrected chi connectivity index (χ1v) is 6.58. The lowest BCUT2D eigenvalue weighted by Crippen LogP contribution is -2.49. The van der Waals surface area contributed by atoms with Gasteiger partial charge in [0.1, 0.15) is 11.4 Å². The van der Waals surface area contributed by atoms with Crippen molar-refractivity contribution in [1.82, 2.24) is 10.2 Å². The van der Waals surface area contributed by atoms with E-state index < -0.39 is 5.60 Å². The Morgan fingerprint density at radius 2 is 2.00 bits per heavy atom. The smallest absolute Gasteiger partial charge is 0.317 e. The first kappa shape index (κ1) is 14.7. The molecule has 110 valence electrons. The lowest BCUT2D eigenvalue weighted by molar-refractivity contribution is 0.0423. The van der Waals surface area contributed by atoms with E-state index in [4.69, 9.17) is 4.74 Å². The Balaban J connectivity index is 1.91. The molecule has 0 radical (unpaired) electrons. The Kier molecular flexibility index (Phi) is 4.57. The van der Waals surface area contributed by atoms with Crippen molar-refractivity contribution in [3.8, 4) is 0 Å². The van der Waals surface area contributed by atoms with Gasteiger partial charge >= 0.3 is 6.03 Å². The SMILES string of the molecule is CC(O)(CNC(=O)N1CCOCC1)c1ccc(F)cc1. The fourth-order valence-electron chi connectivity index (χ4n) is 2.04. The van der Waals surface area contributed by atoms with Crippen LogP contribution in [0, 0.1) is 5.82 Å². The van der Waals surface area contributed by atoms with Crippen LogP contribution < -0.4 is 5.32 Å². The van der Waals surface area contributed by atoms with Crippen molar-refractivity contribution in [2.45, 2.75) is 12.5 Å². The van der Waals surface area contributed by atoms with Crippen molar-refractivity contribution in [3.05, 3.63) is 35.6 Å². The molecule has 6 heteroatoms. The molecule has 0 spiro atoms. The fourth-order valence-corrected chi connectivity index (χ4v) is 2.04. The zero-order valence-corrected chi connectivity index (χ0v) is 11.4. The van der Waals surface area contributed by atoms with Crippen molar-refractivity contribution in [2.75, 3.05) is 32.8 Å². The standard InChI is InChI=1S/C14H19FN2O3/c1-14(19,11-2-4-12(15)5-3-11)10-16-13(18)17-6-8-20-9-7-17/h2-5,19H,6-10H2,1H3,(H,16,18). The highest BCUT2D eigenvalue weighted by molar-refractivity contribution is 5.74. The molecule has 1 aliphatic rings. The summed E-state index contributed by atoms with van der Waals surface area (Å²) in [6.45, 7) is 3.80. The number of nitrogens with zero attached hydrogens (tertiary/aromatic N) is 1. The predicted octanol–water partition coefficient (Wildman–Crippen LogP) is 1.07. The number of carbonyl (C=O) groups excluding carboxylic acids is 1. The molecule has 0 aliphatic carbocycles. The third-order valence-electron chi connectivity index (χ3n) is 3.35. The van der Waals surface area contributed by atoms with Crippen LogP contribution in [0.25, 0.3) is 0 Å². The minimum atomic E-state index is -1.24. The summed E-state index contributed by atoms with van der Waals surface area (Å²) in [5.41, 5.74) is -0.684. The molecule has 5 nitrogen and oxygen atoms in total. The number of morpholine rings is 1. The highest BCUT2D eigenvalue weighted by Gasteiger charge is 2.25. The number of rotatable bonds is 3. The van der Waals surface area contributed by atoms with E-state index in [1.54, 1.807) is 11.8 Å². The second-order valence-corrected chi connectivity index (χ2v) is 5.04. The van der Waals surface area contributed by atoms with Gasteiger partial charge in [-0.25, -0.2) is 9.18 Å². The van der Waals surface area contributed by atoms with Gasteiger partial charge in [-0.2, -0.15) is 0 Å². The molecule has 1 unspecified atom stereocenters. The van der Waals surface area contributed by atoms with Gasteiger partial charge in [-0.1, -0.05) is 12.1 Å². The molecule has 1 atom stereocenters. The maximum Gasteiger partial charge on any atom is 0.317 e. The maximum absolute atomic E-state index is 12.9. The average molecular weight is 282 g/mol. The highest BCUT2D eigenvalue weighted by Crippen LogP contribution is 2.19. The Labute approximate surface area is 117 Å². The van der Waals surface area contributed by atoms with Crippen LogP contribution in [0.15, 0.2) is 24.3 Å². The van der Waals surface area contributed by atoms with E-state index in [0.29, 0.717) is 31.9 Å². The van der Waals surface area contributed by atoms with Gasteiger partial charge in [-0.15, -0.1) is 0 Å². The quantitative estimate of drug-likeness (QED) is 0.872. The summed E-state index contributed by atoms with van der Waals surface area (Å²) < 4.78 is 18.0. The number of urea groups is 1. The second-order valence-electron chi connectivity index (χ2n) is 5.04. The van der Waals surface area contributed by atoms with Gasteiger partial charge in [0, 0.05) is 13.1 Å². The van der Waals surface area contributed by atoms with Gasteiger partial charge < -0.3 is 20.1 Å². The molecule has 20 heavy (non-hydrogen) atoms. The highest BCUT2D eigenvalue weighted by atomic mass is 19.1. The number of amides is 2. The maximum atomic E-state index is 12.9. The second kappa shape index (κ2) is 6.19. The van der Waals surface area contributed by atoms with Crippen LogP contribution in [0.4, 0.5) is 9.18 Å². The Hall–Kier alpha value is -1.66. The van der Waals surface area contributed by atoms with Crippen LogP contribution in [0.2, 0.25) is 0 Å². The van der Waals surface area contributed by atoms with Gasteiger partial charge in [0.05, 0.1) is 19.8 Å². The van der Waals surface area contributed by atoms with Crippen LogP contribution in [-0.2, 0) is 10.3 Å². The molecular weight excluding hydrogens is 263 g/mol. The van der Waals surface area contributed by atoms with E-state index in [1.807, 2.05) is 0 Å². The number of hydrogen-bond acceptors (Lipinski definition) is 3. The molecule has 2 rings (SSSR count). The van der Waals surface area contributed by atoms with Crippen LogP contribution in [0.5, 0.6) is 0 Å². The lowest BCUT2D eigenvalue weighted by atomic mass is 9.96. The molecular formula is C14H19FN2O3. The first-order chi connectivity index (χ1) is 9.49. The van der Waals surface area contributed by atoms with E-state index >= 15 is 0 Å². The van der Waals surface area contributed by atoms with E-state index in [9.17, 15) is 14.3 Å². The molecule has 1 heterocycles. The first-order valence-electron chi connectivity index (χ1n) is 6.58. The molecule has 2 N–H and O–H groups in total. The van der Waals surface area contributed by atoms with Crippen molar-refractivity contribution >= 4 is 6.03 Å². The molecule has 1 aromatic carbocycles. The summed E-state index contributed by atoms with van der Waals surface area (Å²) in [4.78, 5) is 13.6. The summed E-state index contributed by atoms with van der Waals surface area (Å²) in [5, 5.41) is 13.0. The summed E-state index contributed by atoms with van der Waals surface area (Å²) in [6.07, 6.45) is 0. The summed E-state index contributed by atoms with van der Waals surface area (Å²) in [5.74, 6) is -0.359.